The number of carboxylic acids is 2. The topological polar surface area (TPSA) is 91.7 Å². The SMILES string of the molecule is C[C@H](CCc1ccc(C(=O)CCCC(=O)O)s1)CC(=O)O. The Labute approximate surface area is 127 Å². The van der Waals surface area contributed by atoms with Crippen LogP contribution in [0.15, 0.2) is 12.1 Å². The molecule has 0 fully saturated rings. The maximum Gasteiger partial charge on any atom is 0.303 e. The second-order valence-electron chi connectivity index (χ2n) is 5.18. The number of Topliss-reactive ketones (excluding diaryl/α,β-unsaturated/α-hetero) is 1. The third-order valence-electron chi connectivity index (χ3n) is 3.14. The first-order chi connectivity index (χ1) is 9.88. The van der Waals surface area contributed by atoms with Crippen molar-refractivity contribution in [2.75, 3.05) is 0 Å². The van der Waals surface area contributed by atoms with Crippen molar-refractivity contribution in [1.29, 1.82) is 0 Å². The number of carboxylic acid groups (broad SMARTS) is 2. The van der Waals surface area contributed by atoms with E-state index in [0.29, 0.717) is 11.3 Å². The number of rotatable bonds is 10. The Balaban J connectivity index is 2.40. The molecule has 5 nitrogen and oxygen atoms in total. The summed E-state index contributed by atoms with van der Waals surface area (Å²) >= 11 is 1.42. The predicted molar refractivity (Wildman–Crippen MR) is 79.9 cm³/mol. The second-order valence-corrected chi connectivity index (χ2v) is 6.35. The fraction of sp³-hybridized carbons (Fsp3) is 0.533. The number of carbonyl (C=O) groups excluding carboxylic acids is 1. The standard InChI is InChI=1S/C15H20O5S/c1-10(9-15(19)20)5-6-11-7-8-13(21-11)12(16)3-2-4-14(17)18/h7-8,10H,2-6,9H2,1H3,(H,17,18)(H,19,20)/t10-/m1/s1. The van der Waals surface area contributed by atoms with E-state index in [1.165, 1.54) is 11.3 Å². The highest BCUT2D eigenvalue weighted by atomic mass is 32.1. The lowest BCUT2D eigenvalue weighted by Crippen LogP contribution is -2.04. The van der Waals surface area contributed by atoms with E-state index in [1.54, 1.807) is 6.07 Å². The smallest absolute Gasteiger partial charge is 0.303 e. The molecule has 1 atom stereocenters. The van der Waals surface area contributed by atoms with Gasteiger partial charge in [-0.1, -0.05) is 6.92 Å². The summed E-state index contributed by atoms with van der Waals surface area (Å²) in [6.45, 7) is 1.90. The van der Waals surface area contributed by atoms with Gasteiger partial charge in [-0.05, 0) is 37.3 Å². The number of aliphatic carboxylic acids is 2. The van der Waals surface area contributed by atoms with Gasteiger partial charge < -0.3 is 10.2 Å². The first-order valence-electron chi connectivity index (χ1n) is 6.94. The van der Waals surface area contributed by atoms with Gasteiger partial charge in [0, 0.05) is 24.1 Å². The van der Waals surface area contributed by atoms with Crippen LogP contribution in [0.25, 0.3) is 0 Å². The van der Waals surface area contributed by atoms with Gasteiger partial charge in [0.25, 0.3) is 0 Å². The fourth-order valence-electron chi connectivity index (χ4n) is 1.97. The van der Waals surface area contributed by atoms with E-state index in [-0.39, 0.29) is 31.0 Å². The summed E-state index contributed by atoms with van der Waals surface area (Å²) in [6, 6.07) is 3.66. The molecule has 0 aliphatic carbocycles. The summed E-state index contributed by atoms with van der Waals surface area (Å²) in [4.78, 5) is 34.6. The Hall–Kier alpha value is -1.69. The normalized spacial score (nSPS) is 12.0. The van der Waals surface area contributed by atoms with Gasteiger partial charge in [0.05, 0.1) is 4.88 Å². The molecule has 0 spiro atoms. The molecule has 0 saturated carbocycles. The van der Waals surface area contributed by atoms with E-state index in [9.17, 15) is 14.4 Å². The molecule has 2 N–H and O–H groups in total. The van der Waals surface area contributed by atoms with Crippen LogP contribution in [0.1, 0.15) is 53.6 Å². The maximum absolute atomic E-state index is 11.9. The van der Waals surface area contributed by atoms with Gasteiger partial charge in [-0.15, -0.1) is 11.3 Å². The van der Waals surface area contributed by atoms with Crippen LogP contribution in [-0.4, -0.2) is 27.9 Å². The van der Waals surface area contributed by atoms with Crippen LogP contribution < -0.4 is 0 Å². The van der Waals surface area contributed by atoms with Gasteiger partial charge in [-0.25, -0.2) is 0 Å². The van der Waals surface area contributed by atoms with E-state index in [1.807, 2.05) is 13.0 Å². The highest BCUT2D eigenvalue weighted by Crippen LogP contribution is 2.22. The van der Waals surface area contributed by atoms with Crippen molar-refractivity contribution < 1.29 is 24.6 Å². The molecule has 0 aromatic carbocycles. The van der Waals surface area contributed by atoms with E-state index >= 15 is 0 Å². The molecule has 1 rings (SSSR count). The lowest BCUT2D eigenvalue weighted by molar-refractivity contribution is -0.138. The van der Waals surface area contributed by atoms with E-state index in [4.69, 9.17) is 10.2 Å². The highest BCUT2D eigenvalue weighted by Gasteiger charge is 2.12. The molecule has 6 heteroatoms. The Morgan fingerprint density at radius 3 is 2.48 bits per heavy atom. The zero-order valence-corrected chi connectivity index (χ0v) is 12.8. The van der Waals surface area contributed by atoms with Crippen molar-refractivity contribution in [3.63, 3.8) is 0 Å². The lowest BCUT2D eigenvalue weighted by Gasteiger charge is -2.06. The van der Waals surface area contributed by atoms with Crippen molar-refractivity contribution in [3.05, 3.63) is 21.9 Å². The average Bonchev–Trinajstić information content (AvgIpc) is 2.83. The monoisotopic (exact) mass is 312 g/mol. The number of thiophene rings is 1. The van der Waals surface area contributed by atoms with Crippen molar-refractivity contribution in [1.82, 2.24) is 0 Å². The van der Waals surface area contributed by atoms with Crippen molar-refractivity contribution >= 4 is 29.1 Å². The van der Waals surface area contributed by atoms with E-state index < -0.39 is 11.9 Å². The van der Waals surface area contributed by atoms with Crippen LogP contribution in [-0.2, 0) is 16.0 Å². The number of ketones is 1. The molecule has 0 amide bonds. The largest absolute Gasteiger partial charge is 0.481 e. The van der Waals surface area contributed by atoms with Gasteiger partial charge in [-0.3, -0.25) is 14.4 Å². The summed E-state index contributed by atoms with van der Waals surface area (Å²) in [7, 11) is 0. The molecule has 21 heavy (non-hydrogen) atoms. The minimum Gasteiger partial charge on any atom is -0.481 e. The van der Waals surface area contributed by atoms with Gasteiger partial charge in [0.1, 0.15) is 0 Å². The number of carbonyl (C=O) groups is 3. The molecule has 0 saturated heterocycles. The zero-order chi connectivity index (χ0) is 15.8. The Morgan fingerprint density at radius 1 is 1.14 bits per heavy atom. The minimum atomic E-state index is -0.887. The van der Waals surface area contributed by atoms with Gasteiger partial charge >= 0.3 is 11.9 Å². The summed E-state index contributed by atoms with van der Waals surface area (Å²) in [5.74, 6) is -1.59. The Kier molecular flexibility index (Phi) is 7.08. The summed E-state index contributed by atoms with van der Waals surface area (Å²) < 4.78 is 0. The number of hydrogen-bond donors (Lipinski definition) is 2. The molecule has 0 aliphatic rings. The molecule has 1 aromatic heterocycles. The highest BCUT2D eigenvalue weighted by molar-refractivity contribution is 7.14. The predicted octanol–water partition coefficient (Wildman–Crippen LogP) is 3.23. The first-order valence-corrected chi connectivity index (χ1v) is 7.75. The minimum absolute atomic E-state index is 0.0106. The molecule has 0 radical (unpaired) electrons. The third kappa shape index (κ3) is 7.04. The molecule has 0 aliphatic heterocycles. The Morgan fingerprint density at radius 2 is 1.86 bits per heavy atom. The first kappa shape index (κ1) is 17.4. The van der Waals surface area contributed by atoms with Crippen LogP contribution in [0.2, 0.25) is 0 Å². The van der Waals surface area contributed by atoms with E-state index in [0.717, 1.165) is 17.7 Å². The molecular formula is C15H20O5S. The molecule has 116 valence electrons. The van der Waals surface area contributed by atoms with Crippen molar-refractivity contribution in [3.8, 4) is 0 Å². The molecule has 0 bridgehead atoms. The zero-order valence-electron chi connectivity index (χ0n) is 12.0. The van der Waals surface area contributed by atoms with Gasteiger partial charge in [0.2, 0.25) is 0 Å². The molecule has 0 unspecified atom stereocenters. The maximum atomic E-state index is 11.9. The molecule has 1 heterocycles. The lowest BCUT2D eigenvalue weighted by atomic mass is 10.0. The summed E-state index contributed by atoms with van der Waals surface area (Å²) in [5.41, 5.74) is 0. The van der Waals surface area contributed by atoms with Crippen LogP contribution in [0.5, 0.6) is 0 Å². The van der Waals surface area contributed by atoms with Gasteiger partial charge in [0.15, 0.2) is 5.78 Å². The van der Waals surface area contributed by atoms with Crippen LogP contribution in [0.3, 0.4) is 0 Å². The summed E-state index contributed by atoms with van der Waals surface area (Å²) in [5, 5.41) is 17.2. The quantitative estimate of drug-likeness (QED) is 0.647. The fourth-order valence-corrected chi connectivity index (χ4v) is 2.96. The average molecular weight is 312 g/mol. The molecule has 1 aromatic rings. The third-order valence-corrected chi connectivity index (χ3v) is 4.32. The van der Waals surface area contributed by atoms with Gasteiger partial charge in [-0.2, -0.15) is 0 Å². The summed E-state index contributed by atoms with van der Waals surface area (Å²) in [6.07, 6.45) is 2.32. The van der Waals surface area contributed by atoms with E-state index in [2.05, 4.69) is 0 Å². The Bertz CT molecular complexity index is 506. The number of hydrogen-bond acceptors (Lipinski definition) is 4. The van der Waals surface area contributed by atoms with Crippen LogP contribution >= 0.6 is 11.3 Å². The molecular weight excluding hydrogens is 292 g/mol. The van der Waals surface area contributed by atoms with Crippen LogP contribution in [0.4, 0.5) is 0 Å². The number of aryl methyl sites for hydroxylation is 1. The van der Waals surface area contributed by atoms with Crippen molar-refractivity contribution in [2.45, 2.75) is 45.4 Å². The van der Waals surface area contributed by atoms with Crippen molar-refractivity contribution in [2.24, 2.45) is 5.92 Å². The van der Waals surface area contributed by atoms with Crippen LogP contribution in [0, 0.1) is 5.92 Å². The second kappa shape index (κ2) is 8.56.